The summed E-state index contributed by atoms with van der Waals surface area (Å²) >= 11 is 1.68. The van der Waals surface area contributed by atoms with Gasteiger partial charge in [-0.15, -0.1) is 11.8 Å². The van der Waals surface area contributed by atoms with Crippen molar-refractivity contribution in [1.29, 1.82) is 0 Å². The molecule has 1 atom stereocenters. The third-order valence-electron chi connectivity index (χ3n) is 5.96. The molecule has 1 unspecified atom stereocenters. The Bertz CT molecular complexity index is 1260. The summed E-state index contributed by atoms with van der Waals surface area (Å²) < 4.78 is 0. The van der Waals surface area contributed by atoms with Crippen molar-refractivity contribution in [2.45, 2.75) is 17.4 Å². The van der Waals surface area contributed by atoms with Gasteiger partial charge in [0, 0.05) is 33.6 Å². The Labute approximate surface area is 185 Å². The van der Waals surface area contributed by atoms with Crippen LogP contribution in [0.4, 0.5) is 0 Å². The molecule has 5 rings (SSSR count). The molecule has 31 heavy (non-hydrogen) atoms. The summed E-state index contributed by atoms with van der Waals surface area (Å²) in [5.74, 6) is -0.930. The van der Waals surface area contributed by atoms with Gasteiger partial charge < -0.3 is 9.88 Å². The Morgan fingerprint density at radius 1 is 0.935 bits per heavy atom. The molecule has 0 saturated carbocycles. The lowest BCUT2D eigenvalue weighted by Crippen LogP contribution is -2.44. The molecule has 1 N–H and O–H groups in total. The predicted molar refractivity (Wildman–Crippen MR) is 125 cm³/mol. The van der Waals surface area contributed by atoms with Crippen molar-refractivity contribution in [1.82, 2.24) is 9.88 Å². The van der Waals surface area contributed by atoms with Gasteiger partial charge in [0.05, 0.1) is 6.04 Å². The van der Waals surface area contributed by atoms with E-state index in [-0.39, 0.29) is 6.04 Å². The lowest BCUT2D eigenvalue weighted by molar-refractivity contribution is -0.128. The van der Waals surface area contributed by atoms with Gasteiger partial charge in [0.15, 0.2) is 0 Å². The molecule has 0 radical (unpaired) electrons. The number of aromatic amines is 1. The molecule has 1 aliphatic rings. The second-order valence-electron chi connectivity index (χ2n) is 7.68. The van der Waals surface area contributed by atoms with Crippen molar-refractivity contribution < 1.29 is 9.59 Å². The third kappa shape index (κ3) is 3.45. The van der Waals surface area contributed by atoms with Crippen LogP contribution in [-0.4, -0.2) is 34.4 Å². The molecule has 2 heterocycles. The highest BCUT2D eigenvalue weighted by molar-refractivity contribution is 7.98. The summed E-state index contributed by atoms with van der Waals surface area (Å²) in [6.07, 6.45) is 2.76. The van der Waals surface area contributed by atoms with Crippen LogP contribution in [0.5, 0.6) is 0 Å². The van der Waals surface area contributed by atoms with Gasteiger partial charge in [-0.2, -0.15) is 0 Å². The second kappa shape index (κ2) is 8.08. The smallest absolute Gasteiger partial charge is 0.295 e. The highest BCUT2D eigenvalue weighted by atomic mass is 32.2. The number of amides is 1. The maximum atomic E-state index is 13.4. The Morgan fingerprint density at radius 2 is 1.65 bits per heavy atom. The first-order valence-corrected chi connectivity index (χ1v) is 11.5. The molecular formula is C26H22N2O2S. The lowest BCUT2D eigenvalue weighted by Gasteiger charge is -2.36. The van der Waals surface area contributed by atoms with E-state index < -0.39 is 11.7 Å². The predicted octanol–water partition coefficient (Wildman–Crippen LogP) is 5.25. The average Bonchev–Trinajstić information content (AvgIpc) is 3.22. The molecule has 4 aromatic rings. The Hall–Kier alpha value is -3.31. The number of H-pyrrole nitrogens is 1. The van der Waals surface area contributed by atoms with Crippen LogP contribution < -0.4 is 0 Å². The summed E-state index contributed by atoms with van der Waals surface area (Å²) in [4.78, 5) is 32.8. The molecule has 5 heteroatoms. The lowest BCUT2D eigenvalue weighted by atomic mass is 9.91. The minimum atomic E-state index is -0.467. The minimum absolute atomic E-state index is 0.327. The first-order valence-electron chi connectivity index (χ1n) is 10.3. The fourth-order valence-corrected chi connectivity index (χ4v) is 4.84. The fourth-order valence-electron chi connectivity index (χ4n) is 4.44. The van der Waals surface area contributed by atoms with E-state index in [1.807, 2.05) is 24.5 Å². The first-order chi connectivity index (χ1) is 15.2. The number of benzene rings is 3. The maximum absolute atomic E-state index is 13.4. The minimum Gasteiger partial charge on any atom is -0.356 e. The fraction of sp³-hybridized carbons (Fsp3) is 0.154. The van der Waals surface area contributed by atoms with Crippen LogP contribution in [0.15, 0.2) is 83.8 Å². The summed E-state index contributed by atoms with van der Waals surface area (Å²) in [5, 5.41) is 1.18. The van der Waals surface area contributed by atoms with Crippen molar-refractivity contribution in [3.05, 3.63) is 101 Å². The van der Waals surface area contributed by atoms with Crippen molar-refractivity contribution in [3.63, 3.8) is 0 Å². The molecule has 4 nitrogen and oxygen atoms in total. The van der Waals surface area contributed by atoms with Crippen LogP contribution in [0, 0.1) is 0 Å². The standard InChI is InChI=1S/C26H22N2O2S/c1-31-19-13-11-17(12-14-19)24-23-21(20-9-5-6-10-22(20)27-23)15-16-28(24)26(30)25(29)18-7-3-2-4-8-18/h2-14,24,27H,15-16H2,1H3. The molecule has 0 aliphatic carbocycles. The molecule has 3 aromatic carbocycles. The number of carbonyl (C=O) groups is 2. The largest absolute Gasteiger partial charge is 0.356 e. The highest BCUT2D eigenvalue weighted by Crippen LogP contribution is 2.39. The van der Waals surface area contributed by atoms with Crippen LogP contribution in [0.1, 0.15) is 33.2 Å². The number of fused-ring (bicyclic) bond motifs is 3. The molecule has 0 spiro atoms. The third-order valence-corrected chi connectivity index (χ3v) is 6.70. The number of nitrogens with zero attached hydrogens (tertiary/aromatic N) is 1. The van der Waals surface area contributed by atoms with Crippen LogP contribution in [0.3, 0.4) is 0 Å². The SMILES string of the molecule is CSc1ccc(C2c3[nH]c4ccccc4c3CCN2C(=O)C(=O)c2ccccc2)cc1. The number of hydrogen-bond donors (Lipinski definition) is 1. The van der Waals surface area contributed by atoms with E-state index in [1.165, 1.54) is 10.9 Å². The molecule has 154 valence electrons. The first kappa shape index (κ1) is 19.6. The van der Waals surface area contributed by atoms with E-state index in [1.54, 1.807) is 40.9 Å². The van der Waals surface area contributed by atoms with E-state index in [0.29, 0.717) is 18.5 Å². The van der Waals surface area contributed by atoms with Crippen molar-refractivity contribution >= 4 is 34.4 Å². The number of carbonyl (C=O) groups excluding carboxylic acids is 2. The number of nitrogens with one attached hydrogen (secondary N) is 1. The van der Waals surface area contributed by atoms with E-state index in [0.717, 1.165) is 21.7 Å². The molecule has 0 saturated heterocycles. The van der Waals surface area contributed by atoms with Gasteiger partial charge in [-0.05, 0) is 42.0 Å². The summed E-state index contributed by atoms with van der Waals surface area (Å²) in [5.41, 5.74) is 4.71. The van der Waals surface area contributed by atoms with Crippen LogP contribution in [0.25, 0.3) is 10.9 Å². The Kier molecular flexibility index (Phi) is 5.12. The maximum Gasteiger partial charge on any atom is 0.295 e. The molecule has 0 fully saturated rings. The van der Waals surface area contributed by atoms with Gasteiger partial charge in [0.25, 0.3) is 5.91 Å². The van der Waals surface area contributed by atoms with E-state index >= 15 is 0 Å². The van der Waals surface area contributed by atoms with Gasteiger partial charge in [0.1, 0.15) is 0 Å². The van der Waals surface area contributed by atoms with Crippen molar-refractivity contribution in [2.24, 2.45) is 0 Å². The summed E-state index contributed by atoms with van der Waals surface area (Å²) in [6.45, 7) is 0.501. The van der Waals surface area contributed by atoms with E-state index in [9.17, 15) is 9.59 Å². The highest BCUT2D eigenvalue weighted by Gasteiger charge is 2.37. The number of rotatable bonds is 4. The zero-order chi connectivity index (χ0) is 21.4. The number of Topliss-reactive ketones (excluding diaryl/α,β-unsaturated/α-hetero) is 1. The molecular weight excluding hydrogens is 404 g/mol. The monoisotopic (exact) mass is 426 g/mol. The van der Waals surface area contributed by atoms with E-state index in [2.05, 4.69) is 41.4 Å². The van der Waals surface area contributed by atoms with Crippen LogP contribution in [-0.2, 0) is 11.2 Å². The van der Waals surface area contributed by atoms with Gasteiger partial charge >= 0.3 is 0 Å². The molecule has 1 aliphatic heterocycles. The van der Waals surface area contributed by atoms with Gasteiger partial charge in [0.2, 0.25) is 5.78 Å². The average molecular weight is 427 g/mol. The van der Waals surface area contributed by atoms with Gasteiger partial charge in [-0.25, -0.2) is 0 Å². The molecule has 0 bridgehead atoms. The van der Waals surface area contributed by atoms with Crippen molar-refractivity contribution in [3.8, 4) is 0 Å². The second-order valence-corrected chi connectivity index (χ2v) is 8.56. The normalized spacial score (nSPS) is 15.6. The Balaban J connectivity index is 1.61. The topological polar surface area (TPSA) is 53.2 Å². The quantitative estimate of drug-likeness (QED) is 0.276. The van der Waals surface area contributed by atoms with Crippen LogP contribution in [0.2, 0.25) is 0 Å². The van der Waals surface area contributed by atoms with E-state index in [4.69, 9.17) is 0 Å². The van der Waals surface area contributed by atoms with Crippen molar-refractivity contribution in [2.75, 3.05) is 12.8 Å². The zero-order valence-electron chi connectivity index (χ0n) is 17.2. The molecule has 1 aromatic heterocycles. The number of para-hydroxylation sites is 1. The number of thioether (sulfide) groups is 1. The van der Waals surface area contributed by atoms with Gasteiger partial charge in [-0.1, -0.05) is 60.7 Å². The molecule has 1 amide bonds. The summed E-state index contributed by atoms with van der Waals surface area (Å²) in [7, 11) is 0. The van der Waals surface area contributed by atoms with Gasteiger partial charge in [-0.3, -0.25) is 9.59 Å². The zero-order valence-corrected chi connectivity index (χ0v) is 18.0. The number of aromatic nitrogens is 1. The summed E-state index contributed by atoms with van der Waals surface area (Å²) in [6, 6.07) is 24.9. The van der Waals surface area contributed by atoms with Crippen LogP contribution >= 0.6 is 11.8 Å². The number of hydrogen-bond acceptors (Lipinski definition) is 3. The Morgan fingerprint density at radius 3 is 2.39 bits per heavy atom. The number of ketones is 1.